The summed E-state index contributed by atoms with van der Waals surface area (Å²) in [6.07, 6.45) is 5.43. The van der Waals surface area contributed by atoms with Crippen molar-refractivity contribution < 1.29 is 18.3 Å². The number of likely N-dealkylation sites (N-methyl/N-ethyl adjacent to an activating group) is 1. The summed E-state index contributed by atoms with van der Waals surface area (Å²) < 4.78 is 36.8. The molecular weight excluding hydrogens is 550 g/mol. The summed E-state index contributed by atoms with van der Waals surface area (Å²) in [5, 5.41) is 9.51. The monoisotopic (exact) mass is 590 g/mol. The number of pyridine rings is 1. The Morgan fingerprint density at radius 3 is 2.79 bits per heavy atom. The first-order chi connectivity index (χ1) is 20.8. The number of hydrogen-bond acceptors (Lipinski definition) is 7. The second kappa shape index (κ2) is 12.1. The maximum Gasteiger partial charge on any atom is 0.275 e. The molecule has 0 unspecified atom stereocenters. The molecule has 1 aliphatic carbocycles. The van der Waals surface area contributed by atoms with Crippen LogP contribution in [0.15, 0.2) is 36.9 Å². The first-order valence-electron chi connectivity index (χ1n) is 15.4. The Hall–Kier alpha value is -3.71. The Balaban J connectivity index is 1.33. The number of benzene rings is 1. The summed E-state index contributed by atoms with van der Waals surface area (Å²) in [6.45, 7) is 7.81. The molecule has 6 rings (SSSR count). The summed E-state index contributed by atoms with van der Waals surface area (Å²) in [5.41, 5.74) is 4.41. The molecule has 0 bridgehead atoms. The van der Waals surface area contributed by atoms with Gasteiger partial charge >= 0.3 is 0 Å². The summed E-state index contributed by atoms with van der Waals surface area (Å²) in [7, 11) is 2.11. The van der Waals surface area contributed by atoms with Gasteiger partial charge in [0.1, 0.15) is 6.61 Å². The Kier molecular flexibility index (Phi) is 8.27. The van der Waals surface area contributed by atoms with Gasteiger partial charge in [0, 0.05) is 67.2 Å². The molecule has 1 aromatic carbocycles. The van der Waals surface area contributed by atoms with Crippen LogP contribution in [-0.4, -0.2) is 79.2 Å². The zero-order chi connectivity index (χ0) is 30.1. The number of amides is 1. The number of carbonyl (C=O) groups excluding carboxylic acids is 1. The first kappa shape index (κ1) is 29.4. The van der Waals surface area contributed by atoms with Crippen LogP contribution in [-0.2, 0) is 30.1 Å². The van der Waals surface area contributed by atoms with E-state index in [1.54, 1.807) is 4.90 Å². The minimum Gasteiger partial charge on any atom is -0.476 e. The predicted molar refractivity (Wildman–Crippen MR) is 162 cm³/mol. The summed E-state index contributed by atoms with van der Waals surface area (Å²) >= 11 is 0. The van der Waals surface area contributed by atoms with Crippen LogP contribution in [0.2, 0.25) is 0 Å². The molecule has 228 valence electrons. The van der Waals surface area contributed by atoms with Gasteiger partial charge in [0.2, 0.25) is 11.8 Å². The molecule has 8 nitrogen and oxygen atoms in total. The molecule has 2 atom stereocenters. The molecule has 0 radical (unpaired) electrons. The number of nitriles is 1. The van der Waals surface area contributed by atoms with Crippen LogP contribution in [0.4, 0.5) is 20.2 Å². The lowest BCUT2D eigenvalue weighted by Crippen LogP contribution is -2.55. The van der Waals surface area contributed by atoms with Crippen LogP contribution in [0, 0.1) is 11.3 Å². The molecule has 1 aromatic heterocycles. The fraction of sp³-hybridized carbons (Fsp3) is 0.545. The minimum absolute atomic E-state index is 0.123. The van der Waals surface area contributed by atoms with E-state index in [0.717, 1.165) is 41.9 Å². The number of anilines is 2. The highest BCUT2D eigenvalue weighted by Gasteiger charge is 2.40. The van der Waals surface area contributed by atoms with Gasteiger partial charge in [-0.25, -0.2) is 13.8 Å². The maximum atomic E-state index is 15.2. The minimum atomic E-state index is -2.85. The topological polar surface area (TPSA) is 75.9 Å². The van der Waals surface area contributed by atoms with E-state index in [-0.39, 0.29) is 30.4 Å². The van der Waals surface area contributed by atoms with Gasteiger partial charge < -0.3 is 24.3 Å². The zero-order valence-corrected chi connectivity index (χ0v) is 24.9. The molecule has 10 heteroatoms. The SMILES string of the molecule is C=CC(=O)N1CCN(c2cc(OC[C@@H]3CCCN3C)nc3c2CCN(c2cccc4c2C(F)(F)CCC4)C3)C[C@@H]1CC#N. The highest BCUT2D eigenvalue weighted by Crippen LogP contribution is 2.46. The third kappa shape index (κ3) is 5.79. The Bertz CT molecular complexity index is 1420. The van der Waals surface area contributed by atoms with Crippen molar-refractivity contribution in [3.8, 4) is 11.9 Å². The van der Waals surface area contributed by atoms with Crippen molar-refractivity contribution in [3.05, 3.63) is 59.3 Å². The number of ether oxygens (including phenoxy) is 1. The number of aryl methyl sites for hydroxylation is 1. The number of fused-ring (bicyclic) bond motifs is 2. The number of nitrogens with zero attached hydrogens (tertiary/aromatic N) is 6. The van der Waals surface area contributed by atoms with Crippen LogP contribution in [0.1, 0.15) is 54.5 Å². The molecule has 0 saturated carbocycles. The second-order valence-electron chi connectivity index (χ2n) is 12.2. The van der Waals surface area contributed by atoms with Gasteiger partial charge in [-0.2, -0.15) is 5.26 Å². The van der Waals surface area contributed by atoms with E-state index in [9.17, 15) is 10.1 Å². The number of carbonyl (C=O) groups is 1. The summed E-state index contributed by atoms with van der Waals surface area (Å²) in [5.74, 6) is -2.49. The number of hydrogen-bond donors (Lipinski definition) is 0. The van der Waals surface area contributed by atoms with Gasteiger partial charge in [0.15, 0.2) is 0 Å². The van der Waals surface area contributed by atoms with Crippen LogP contribution in [0.5, 0.6) is 5.88 Å². The van der Waals surface area contributed by atoms with Crippen LogP contribution < -0.4 is 14.5 Å². The van der Waals surface area contributed by atoms with Crippen molar-refractivity contribution in [1.82, 2.24) is 14.8 Å². The molecule has 0 spiro atoms. The maximum absolute atomic E-state index is 15.2. The van der Waals surface area contributed by atoms with E-state index in [0.29, 0.717) is 76.2 Å². The summed E-state index contributed by atoms with van der Waals surface area (Å²) in [4.78, 5) is 25.8. The van der Waals surface area contributed by atoms with Gasteiger partial charge in [-0.1, -0.05) is 18.7 Å². The lowest BCUT2D eigenvalue weighted by Gasteiger charge is -2.43. The standard InChI is InChI=1S/C33H40F2N6O2/c1-3-31(42)41-18-17-40(20-24(41)11-14-36)29-19-30(43-22-25-9-6-15-38(25)2)37-27-21-39(16-12-26(27)29)28-10-4-7-23-8-5-13-33(34,35)32(23)28/h3-4,7,10,19,24-25H,1,5-6,8-9,11-13,15-18,20-22H2,2H3/t24-,25-/m0/s1. The van der Waals surface area contributed by atoms with Crippen molar-refractivity contribution in [3.63, 3.8) is 0 Å². The van der Waals surface area contributed by atoms with E-state index in [1.807, 2.05) is 29.2 Å². The average molecular weight is 591 g/mol. The largest absolute Gasteiger partial charge is 0.476 e. The van der Waals surface area contributed by atoms with Gasteiger partial charge in [0.25, 0.3) is 5.92 Å². The third-order valence-corrected chi connectivity index (χ3v) is 9.61. The van der Waals surface area contributed by atoms with Crippen LogP contribution in [0.3, 0.4) is 0 Å². The number of aromatic nitrogens is 1. The highest BCUT2D eigenvalue weighted by atomic mass is 19.3. The molecule has 3 aliphatic heterocycles. The fourth-order valence-corrected chi connectivity index (χ4v) is 7.30. The molecule has 4 aliphatic rings. The Labute approximate surface area is 252 Å². The van der Waals surface area contributed by atoms with E-state index >= 15 is 8.78 Å². The number of alkyl halides is 2. The predicted octanol–water partition coefficient (Wildman–Crippen LogP) is 4.66. The van der Waals surface area contributed by atoms with Crippen molar-refractivity contribution in [2.45, 2.75) is 69.5 Å². The molecule has 2 fully saturated rings. The average Bonchev–Trinajstić information content (AvgIpc) is 3.43. The molecule has 0 N–H and O–H groups in total. The van der Waals surface area contributed by atoms with Crippen molar-refractivity contribution in [2.75, 3.05) is 56.2 Å². The smallest absolute Gasteiger partial charge is 0.275 e. The molecule has 2 saturated heterocycles. The fourth-order valence-electron chi connectivity index (χ4n) is 7.30. The van der Waals surface area contributed by atoms with Crippen molar-refractivity contribution in [2.24, 2.45) is 0 Å². The van der Waals surface area contributed by atoms with E-state index in [2.05, 4.69) is 29.5 Å². The normalized spacial score (nSPS) is 23.3. The number of likely N-dealkylation sites (tertiary alicyclic amines) is 1. The van der Waals surface area contributed by atoms with Gasteiger partial charge in [-0.15, -0.1) is 0 Å². The number of piperazine rings is 1. The number of halogens is 2. The molecule has 43 heavy (non-hydrogen) atoms. The number of rotatable bonds is 7. The lowest BCUT2D eigenvalue weighted by atomic mass is 9.86. The van der Waals surface area contributed by atoms with Crippen molar-refractivity contribution in [1.29, 1.82) is 5.26 Å². The molecule has 4 heterocycles. The van der Waals surface area contributed by atoms with E-state index < -0.39 is 5.92 Å². The van der Waals surface area contributed by atoms with Crippen molar-refractivity contribution >= 4 is 17.3 Å². The Morgan fingerprint density at radius 1 is 1.16 bits per heavy atom. The zero-order valence-electron chi connectivity index (χ0n) is 24.9. The first-order valence-corrected chi connectivity index (χ1v) is 15.4. The van der Waals surface area contributed by atoms with Gasteiger partial charge in [0.05, 0.1) is 30.8 Å². The van der Waals surface area contributed by atoms with Crippen LogP contribution >= 0.6 is 0 Å². The molecule has 1 amide bonds. The Morgan fingerprint density at radius 2 is 2.02 bits per heavy atom. The van der Waals surface area contributed by atoms with Gasteiger partial charge in [-0.3, -0.25) is 4.79 Å². The third-order valence-electron chi connectivity index (χ3n) is 9.61. The quantitative estimate of drug-likeness (QED) is 0.434. The van der Waals surface area contributed by atoms with E-state index in [4.69, 9.17) is 9.72 Å². The van der Waals surface area contributed by atoms with E-state index in [1.165, 1.54) is 6.08 Å². The lowest BCUT2D eigenvalue weighted by molar-refractivity contribution is -0.128. The van der Waals surface area contributed by atoms with Gasteiger partial charge in [-0.05, 0) is 63.4 Å². The summed E-state index contributed by atoms with van der Waals surface area (Å²) in [6, 6.07) is 9.84. The highest BCUT2D eigenvalue weighted by molar-refractivity contribution is 5.87. The molecular formula is C33H40F2N6O2. The molecule has 2 aromatic rings. The second-order valence-corrected chi connectivity index (χ2v) is 12.2. The van der Waals surface area contributed by atoms with Crippen LogP contribution in [0.25, 0.3) is 0 Å².